The van der Waals surface area contributed by atoms with Crippen LogP contribution < -0.4 is 10.9 Å². The molecule has 0 radical (unpaired) electrons. The van der Waals surface area contributed by atoms with Gasteiger partial charge in [-0.05, 0) is 30.3 Å². The number of carboxylic acids is 1. The molecule has 108 valence electrons. The van der Waals surface area contributed by atoms with E-state index >= 15 is 0 Å². The number of aliphatic carboxylic acids is 1. The minimum atomic E-state index is -1.01. The second-order valence-corrected chi connectivity index (χ2v) is 5.27. The van der Waals surface area contributed by atoms with Crippen molar-refractivity contribution in [2.75, 3.05) is 0 Å². The number of nitrogens with one attached hydrogen (secondary N) is 2. The van der Waals surface area contributed by atoms with Crippen LogP contribution in [-0.2, 0) is 11.3 Å². The topological polar surface area (TPSA) is 99.3 Å². The average Bonchev–Trinajstić information content (AvgIpc) is 2.91. The highest BCUT2D eigenvalue weighted by Gasteiger charge is 2.09. The van der Waals surface area contributed by atoms with Crippen LogP contribution in [0.15, 0.2) is 41.3 Å². The maximum absolute atomic E-state index is 11.8. The molecule has 0 aromatic carbocycles. The molecule has 21 heavy (non-hydrogen) atoms. The number of carbonyl (C=O) groups is 2. The summed E-state index contributed by atoms with van der Waals surface area (Å²) < 4.78 is 0. The van der Waals surface area contributed by atoms with Crippen molar-refractivity contribution in [3.63, 3.8) is 0 Å². The third kappa shape index (κ3) is 4.15. The molecule has 0 bridgehead atoms. The van der Waals surface area contributed by atoms with Gasteiger partial charge in [-0.2, -0.15) is 0 Å². The monoisotopic (exact) mass is 304 g/mol. The molecule has 7 heteroatoms. The molecule has 2 aromatic rings. The van der Waals surface area contributed by atoms with Gasteiger partial charge in [0.25, 0.3) is 11.5 Å². The van der Waals surface area contributed by atoms with Gasteiger partial charge in [0.2, 0.25) is 0 Å². The zero-order valence-corrected chi connectivity index (χ0v) is 11.6. The maximum atomic E-state index is 11.8. The molecule has 0 unspecified atom stereocenters. The van der Waals surface area contributed by atoms with Crippen LogP contribution in [0.5, 0.6) is 0 Å². The molecule has 2 aromatic heterocycles. The number of rotatable bonds is 5. The van der Waals surface area contributed by atoms with Crippen LogP contribution in [-0.4, -0.2) is 22.0 Å². The molecular weight excluding hydrogens is 292 g/mol. The van der Waals surface area contributed by atoms with Gasteiger partial charge in [-0.15, -0.1) is 11.3 Å². The molecule has 0 aliphatic heterocycles. The Morgan fingerprint density at radius 1 is 1.33 bits per heavy atom. The first-order valence-corrected chi connectivity index (χ1v) is 6.83. The van der Waals surface area contributed by atoms with E-state index in [1.54, 1.807) is 18.2 Å². The third-order valence-electron chi connectivity index (χ3n) is 2.56. The summed E-state index contributed by atoms with van der Waals surface area (Å²) in [5, 5.41) is 11.2. The first kappa shape index (κ1) is 14.7. The number of hydrogen-bond acceptors (Lipinski definition) is 4. The number of aromatic amines is 1. The number of aromatic nitrogens is 1. The van der Waals surface area contributed by atoms with Gasteiger partial charge in [-0.3, -0.25) is 9.59 Å². The number of H-pyrrole nitrogens is 1. The van der Waals surface area contributed by atoms with E-state index in [0.717, 1.165) is 15.8 Å². The first-order chi connectivity index (χ1) is 10.1. The van der Waals surface area contributed by atoms with E-state index in [-0.39, 0.29) is 12.1 Å². The molecule has 0 saturated heterocycles. The van der Waals surface area contributed by atoms with Gasteiger partial charge in [0.05, 0.1) is 6.54 Å². The number of pyridine rings is 1. The minimum Gasteiger partial charge on any atom is -0.478 e. The van der Waals surface area contributed by atoms with Gasteiger partial charge in [0.1, 0.15) is 5.56 Å². The van der Waals surface area contributed by atoms with E-state index in [1.807, 2.05) is 0 Å². The zero-order valence-electron chi connectivity index (χ0n) is 10.8. The fourth-order valence-corrected chi connectivity index (χ4v) is 2.45. The van der Waals surface area contributed by atoms with E-state index in [4.69, 9.17) is 5.11 Å². The highest BCUT2D eigenvalue weighted by molar-refractivity contribution is 7.12. The Bertz CT molecular complexity index is 745. The Morgan fingerprint density at radius 3 is 2.86 bits per heavy atom. The fraction of sp³-hybridized carbons (Fsp3) is 0.0714. The maximum Gasteiger partial charge on any atom is 0.328 e. The minimum absolute atomic E-state index is 0.0556. The van der Waals surface area contributed by atoms with Gasteiger partial charge in [-0.25, -0.2) is 4.79 Å². The lowest BCUT2D eigenvalue weighted by molar-refractivity contribution is -0.131. The normalized spacial score (nSPS) is 10.7. The van der Waals surface area contributed by atoms with Crippen LogP contribution in [0.2, 0.25) is 0 Å². The quantitative estimate of drug-likeness (QED) is 0.728. The Morgan fingerprint density at radius 2 is 2.14 bits per heavy atom. The van der Waals surface area contributed by atoms with Crippen LogP contribution in [0.4, 0.5) is 0 Å². The van der Waals surface area contributed by atoms with Gasteiger partial charge in [-0.1, -0.05) is 0 Å². The van der Waals surface area contributed by atoms with Gasteiger partial charge in [0.15, 0.2) is 0 Å². The number of carbonyl (C=O) groups excluding carboxylic acids is 1. The summed E-state index contributed by atoms with van der Waals surface area (Å²) in [7, 11) is 0. The van der Waals surface area contributed by atoms with Crippen molar-refractivity contribution >= 4 is 29.3 Å². The highest BCUT2D eigenvalue weighted by atomic mass is 32.1. The predicted molar refractivity (Wildman–Crippen MR) is 79.2 cm³/mol. The second kappa shape index (κ2) is 6.67. The first-order valence-electron chi connectivity index (χ1n) is 6.02. The molecule has 1 amide bonds. The lowest BCUT2D eigenvalue weighted by atomic mass is 10.2. The molecule has 3 N–H and O–H groups in total. The second-order valence-electron chi connectivity index (χ2n) is 4.07. The number of carboxylic acid groups (broad SMARTS) is 1. The van der Waals surface area contributed by atoms with E-state index < -0.39 is 17.4 Å². The Labute approximate surface area is 123 Å². The largest absolute Gasteiger partial charge is 0.478 e. The van der Waals surface area contributed by atoms with E-state index in [1.165, 1.54) is 29.7 Å². The molecule has 0 atom stereocenters. The zero-order chi connectivity index (χ0) is 15.2. The SMILES string of the molecule is O=C(O)C=Cc1ccc(CNC(=O)c2ccc[nH]c2=O)s1. The van der Waals surface area contributed by atoms with Crippen LogP contribution in [0.3, 0.4) is 0 Å². The predicted octanol–water partition coefficient (Wildman–Crippen LogP) is 1.46. The standard InChI is InChI=1S/C14H12N2O4S/c17-12(18)6-5-9-3-4-10(21-9)8-16-14(20)11-2-1-7-15-13(11)19/h1-7H,8H2,(H,15,19)(H,16,20)(H,17,18). The summed E-state index contributed by atoms with van der Waals surface area (Å²) in [6, 6.07) is 6.59. The molecule has 6 nitrogen and oxygen atoms in total. The van der Waals surface area contributed by atoms with Crippen LogP contribution in [0, 0.1) is 0 Å². The van der Waals surface area contributed by atoms with Crippen molar-refractivity contribution in [1.29, 1.82) is 0 Å². The summed E-state index contributed by atoms with van der Waals surface area (Å²) in [4.78, 5) is 37.8. The summed E-state index contributed by atoms with van der Waals surface area (Å²) in [5.74, 6) is -1.46. The number of hydrogen-bond donors (Lipinski definition) is 3. The Kier molecular flexibility index (Phi) is 4.68. The summed E-state index contributed by atoms with van der Waals surface area (Å²) in [5.41, 5.74) is -0.383. The average molecular weight is 304 g/mol. The van der Waals surface area contributed by atoms with Gasteiger partial charge >= 0.3 is 5.97 Å². The summed E-state index contributed by atoms with van der Waals surface area (Å²) >= 11 is 1.37. The van der Waals surface area contributed by atoms with Crippen LogP contribution in [0.1, 0.15) is 20.1 Å². The van der Waals surface area contributed by atoms with E-state index in [2.05, 4.69) is 10.3 Å². The molecule has 0 fully saturated rings. The molecule has 0 aliphatic carbocycles. The molecule has 0 spiro atoms. The van der Waals surface area contributed by atoms with Crippen molar-refractivity contribution in [2.24, 2.45) is 0 Å². The van der Waals surface area contributed by atoms with Crippen molar-refractivity contribution in [2.45, 2.75) is 6.54 Å². The van der Waals surface area contributed by atoms with Crippen LogP contribution in [0.25, 0.3) is 6.08 Å². The number of thiophene rings is 1. The van der Waals surface area contributed by atoms with Crippen molar-refractivity contribution < 1.29 is 14.7 Å². The van der Waals surface area contributed by atoms with Crippen LogP contribution >= 0.6 is 11.3 Å². The Hall–Kier alpha value is -2.67. The fourth-order valence-electron chi connectivity index (χ4n) is 1.60. The summed E-state index contributed by atoms with van der Waals surface area (Å²) in [6.07, 6.45) is 4.00. The lowest BCUT2D eigenvalue weighted by Gasteiger charge is -2.02. The van der Waals surface area contributed by atoms with Crippen molar-refractivity contribution in [3.8, 4) is 0 Å². The van der Waals surface area contributed by atoms with Gasteiger partial charge in [0, 0.05) is 22.0 Å². The molecular formula is C14H12N2O4S. The lowest BCUT2D eigenvalue weighted by Crippen LogP contribution is -2.28. The molecule has 2 rings (SSSR count). The Balaban J connectivity index is 1.98. The van der Waals surface area contributed by atoms with E-state index in [0.29, 0.717) is 0 Å². The molecule has 0 aliphatic rings. The smallest absolute Gasteiger partial charge is 0.328 e. The third-order valence-corrected chi connectivity index (χ3v) is 3.61. The summed E-state index contributed by atoms with van der Waals surface area (Å²) in [6.45, 7) is 0.277. The molecule has 2 heterocycles. The van der Waals surface area contributed by atoms with Crippen molar-refractivity contribution in [3.05, 3.63) is 62.2 Å². The molecule has 0 saturated carbocycles. The highest BCUT2D eigenvalue weighted by Crippen LogP contribution is 2.17. The number of amides is 1. The van der Waals surface area contributed by atoms with Gasteiger partial charge < -0.3 is 15.4 Å². The van der Waals surface area contributed by atoms with E-state index in [9.17, 15) is 14.4 Å². The van der Waals surface area contributed by atoms with Crippen molar-refractivity contribution in [1.82, 2.24) is 10.3 Å².